The lowest BCUT2D eigenvalue weighted by atomic mass is 10.2. The standard InChI is InChI=1S/C13H16N4O/c1-10-16-12(11-3-6-14-7-4-11)9-13(17-10)15-5-2-8-18/h3-4,6-7,9,18H,2,5,8H2,1H3,(H,15,16,17). The first-order chi connectivity index (χ1) is 8.79. The van der Waals surface area contributed by atoms with Crippen LogP contribution in [0.2, 0.25) is 0 Å². The van der Waals surface area contributed by atoms with Gasteiger partial charge in [0.15, 0.2) is 0 Å². The molecular weight excluding hydrogens is 228 g/mol. The molecule has 5 nitrogen and oxygen atoms in total. The van der Waals surface area contributed by atoms with Crippen molar-refractivity contribution < 1.29 is 5.11 Å². The molecule has 94 valence electrons. The summed E-state index contributed by atoms with van der Waals surface area (Å²) in [5, 5.41) is 11.9. The summed E-state index contributed by atoms with van der Waals surface area (Å²) in [6, 6.07) is 5.73. The Balaban J connectivity index is 2.21. The molecule has 0 bridgehead atoms. The van der Waals surface area contributed by atoms with E-state index in [1.165, 1.54) is 0 Å². The molecule has 0 aliphatic carbocycles. The number of aromatic nitrogens is 3. The Hall–Kier alpha value is -2.01. The van der Waals surface area contributed by atoms with E-state index in [4.69, 9.17) is 5.11 Å². The minimum atomic E-state index is 0.175. The van der Waals surface area contributed by atoms with Gasteiger partial charge in [0.1, 0.15) is 11.6 Å². The molecule has 2 heterocycles. The van der Waals surface area contributed by atoms with E-state index in [0.29, 0.717) is 13.0 Å². The van der Waals surface area contributed by atoms with Crippen molar-refractivity contribution in [1.29, 1.82) is 0 Å². The highest BCUT2D eigenvalue weighted by atomic mass is 16.3. The molecule has 2 aromatic rings. The van der Waals surface area contributed by atoms with Gasteiger partial charge in [-0.1, -0.05) is 0 Å². The second-order valence-corrected chi connectivity index (χ2v) is 3.93. The van der Waals surface area contributed by atoms with Crippen LogP contribution in [0.5, 0.6) is 0 Å². The quantitative estimate of drug-likeness (QED) is 0.782. The number of pyridine rings is 1. The van der Waals surface area contributed by atoms with E-state index >= 15 is 0 Å². The molecule has 0 saturated heterocycles. The number of aliphatic hydroxyl groups is 1. The highest BCUT2D eigenvalue weighted by Crippen LogP contribution is 2.18. The Bertz CT molecular complexity index is 502. The molecule has 0 aliphatic heterocycles. The zero-order chi connectivity index (χ0) is 12.8. The van der Waals surface area contributed by atoms with E-state index in [-0.39, 0.29) is 6.61 Å². The molecule has 5 heteroatoms. The lowest BCUT2D eigenvalue weighted by molar-refractivity contribution is 0.292. The zero-order valence-corrected chi connectivity index (χ0v) is 10.3. The number of nitrogens with one attached hydrogen (secondary N) is 1. The van der Waals surface area contributed by atoms with E-state index in [9.17, 15) is 0 Å². The normalized spacial score (nSPS) is 10.3. The van der Waals surface area contributed by atoms with Crippen molar-refractivity contribution in [2.24, 2.45) is 0 Å². The third kappa shape index (κ3) is 3.24. The van der Waals surface area contributed by atoms with Crippen molar-refractivity contribution in [2.45, 2.75) is 13.3 Å². The van der Waals surface area contributed by atoms with E-state index in [2.05, 4.69) is 20.3 Å². The van der Waals surface area contributed by atoms with Crippen LogP contribution in [0.3, 0.4) is 0 Å². The maximum absolute atomic E-state index is 8.75. The van der Waals surface area contributed by atoms with Gasteiger partial charge in [-0.05, 0) is 25.5 Å². The smallest absolute Gasteiger partial charge is 0.130 e. The van der Waals surface area contributed by atoms with Crippen molar-refractivity contribution in [3.8, 4) is 11.3 Å². The molecule has 0 aromatic carbocycles. The van der Waals surface area contributed by atoms with Crippen LogP contribution >= 0.6 is 0 Å². The summed E-state index contributed by atoms with van der Waals surface area (Å²) in [6.45, 7) is 2.74. The molecule has 0 radical (unpaired) electrons. The number of nitrogens with zero attached hydrogens (tertiary/aromatic N) is 3. The van der Waals surface area contributed by atoms with Crippen LogP contribution in [-0.2, 0) is 0 Å². The van der Waals surface area contributed by atoms with E-state index in [1.807, 2.05) is 25.1 Å². The fraction of sp³-hybridized carbons (Fsp3) is 0.308. The first-order valence-corrected chi connectivity index (χ1v) is 5.90. The van der Waals surface area contributed by atoms with Crippen LogP contribution in [0.1, 0.15) is 12.2 Å². The SMILES string of the molecule is Cc1nc(NCCCO)cc(-c2ccncc2)n1. The summed E-state index contributed by atoms with van der Waals surface area (Å²) in [5.41, 5.74) is 1.89. The van der Waals surface area contributed by atoms with Crippen molar-refractivity contribution in [3.63, 3.8) is 0 Å². The van der Waals surface area contributed by atoms with Gasteiger partial charge in [-0.25, -0.2) is 9.97 Å². The Morgan fingerprint density at radius 2 is 2.00 bits per heavy atom. The maximum Gasteiger partial charge on any atom is 0.130 e. The first kappa shape index (κ1) is 12.4. The molecule has 0 amide bonds. The third-order valence-corrected chi connectivity index (χ3v) is 2.46. The van der Waals surface area contributed by atoms with E-state index < -0.39 is 0 Å². The molecule has 2 aromatic heterocycles. The minimum Gasteiger partial charge on any atom is -0.396 e. The molecule has 0 spiro atoms. The molecule has 2 N–H and O–H groups in total. The largest absolute Gasteiger partial charge is 0.396 e. The summed E-state index contributed by atoms with van der Waals surface area (Å²) in [5.74, 6) is 1.50. The van der Waals surface area contributed by atoms with Crippen LogP contribution in [0.15, 0.2) is 30.6 Å². The second kappa shape index (κ2) is 6.07. The second-order valence-electron chi connectivity index (χ2n) is 3.93. The Labute approximate surface area is 106 Å². The number of rotatable bonds is 5. The average molecular weight is 244 g/mol. The number of hydrogen-bond donors (Lipinski definition) is 2. The van der Waals surface area contributed by atoms with Gasteiger partial charge < -0.3 is 10.4 Å². The zero-order valence-electron chi connectivity index (χ0n) is 10.3. The van der Waals surface area contributed by atoms with Gasteiger partial charge in [-0.2, -0.15) is 0 Å². The van der Waals surface area contributed by atoms with Crippen molar-refractivity contribution >= 4 is 5.82 Å². The van der Waals surface area contributed by atoms with Crippen LogP contribution in [0.25, 0.3) is 11.3 Å². The summed E-state index contributed by atoms with van der Waals surface area (Å²) < 4.78 is 0. The summed E-state index contributed by atoms with van der Waals surface area (Å²) in [6.07, 6.45) is 4.19. The van der Waals surface area contributed by atoms with Crippen molar-refractivity contribution in [2.75, 3.05) is 18.5 Å². The van der Waals surface area contributed by atoms with Gasteiger partial charge in [-0.3, -0.25) is 4.98 Å². The van der Waals surface area contributed by atoms with Gasteiger partial charge in [0.25, 0.3) is 0 Å². The van der Waals surface area contributed by atoms with Gasteiger partial charge in [0.05, 0.1) is 5.69 Å². The Morgan fingerprint density at radius 3 is 2.72 bits per heavy atom. The average Bonchev–Trinajstić information content (AvgIpc) is 2.39. The van der Waals surface area contributed by atoms with Crippen LogP contribution in [0, 0.1) is 6.92 Å². The van der Waals surface area contributed by atoms with Gasteiger partial charge in [-0.15, -0.1) is 0 Å². The van der Waals surface area contributed by atoms with Crippen molar-refractivity contribution in [3.05, 3.63) is 36.4 Å². The van der Waals surface area contributed by atoms with Gasteiger partial charge in [0, 0.05) is 37.2 Å². The number of aliphatic hydroxyl groups excluding tert-OH is 1. The fourth-order valence-corrected chi connectivity index (χ4v) is 1.62. The number of anilines is 1. The Kier molecular flexibility index (Phi) is 4.20. The van der Waals surface area contributed by atoms with Crippen LogP contribution in [-0.4, -0.2) is 33.2 Å². The maximum atomic E-state index is 8.75. The number of hydrogen-bond acceptors (Lipinski definition) is 5. The molecule has 0 aliphatic rings. The Morgan fingerprint density at radius 1 is 1.22 bits per heavy atom. The van der Waals surface area contributed by atoms with Gasteiger partial charge >= 0.3 is 0 Å². The molecule has 0 unspecified atom stereocenters. The van der Waals surface area contributed by atoms with Crippen LogP contribution < -0.4 is 5.32 Å². The fourth-order valence-electron chi connectivity index (χ4n) is 1.62. The summed E-state index contributed by atoms with van der Waals surface area (Å²) >= 11 is 0. The molecule has 0 saturated carbocycles. The van der Waals surface area contributed by atoms with Crippen LogP contribution in [0.4, 0.5) is 5.82 Å². The molecule has 0 fully saturated rings. The van der Waals surface area contributed by atoms with Crippen molar-refractivity contribution in [1.82, 2.24) is 15.0 Å². The highest BCUT2D eigenvalue weighted by Gasteiger charge is 2.03. The lowest BCUT2D eigenvalue weighted by Crippen LogP contribution is -2.06. The highest BCUT2D eigenvalue weighted by molar-refractivity contribution is 5.61. The summed E-state index contributed by atoms with van der Waals surface area (Å²) in [7, 11) is 0. The molecule has 0 atom stereocenters. The lowest BCUT2D eigenvalue weighted by Gasteiger charge is -2.08. The summed E-state index contributed by atoms with van der Waals surface area (Å²) in [4.78, 5) is 12.7. The van der Waals surface area contributed by atoms with Gasteiger partial charge in [0.2, 0.25) is 0 Å². The molecule has 18 heavy (non-hydrogen) atoms. The molecular formula is C13H16N4O. The first-order valence-electron chi connectivity index (χ1n) is 5.90. The van der Waals surface area contributed by atoms with E-state index in [1.54, 1.807) is 12.4 Å². The molecule has 2 rings (SSSR count). The topological polar surface area (TPSA) is 70.9 Å². The third-order valence-electron chi connectivity index (χ3n) is 2.46. The van der Waals surface area contributed by atoms with E-state index in [0.717, 1.165) is 22.9 Å². The minimum absolute atomic E-state index is 0.175. The monoisotopic (exact) mass is 244 g/mol. The number of aryl methyl sites for hydroxylation is 1. The predicted octanol–water partition coefficient (Wildman–Crippen LogP) is 1.64. The predicted molar refractivity (Wildman–Crippen MR) is 70.2 cm³/mol.